The molecule has 0 atom stereocenters. The Kier molecular flexibility index (Phi) is 4.89. The first-order valence-electron chi connectivity index (χ1n) is 6.60. The van der Waals surface area contributed by atoms with Gasteiger partial charge < -0.3 is 10.1 Å². The molecule has 1 amide bonds. The van der Waals surface area contributed by atoms with Crippen molar-refractivity contribution >= 4 is 17.6 Å². The maximum atomic E-state index is 11.6. The van der Waals surface area contributed by atoms with Crippen molar-refractivity contribution in [1.29, 1.82) is 5.26 Å². The first-order chi connectivity index (χ1) is 10.7. The van der Waals surface area contributed by atoms with Crippen LogP contribution in [0.3, 0.4) is 0 Å². The minimum atomic E-state index is -0.401. The molecule has 0 spiro atoms. The van der Waals surface area contributed by atoms with E-state index < -0.39 is 5.97 Å². The lowest BCUT2D eigenvalue weighted by Crippen LogP contribution is -2.10. The first kappa shape index (κ1) is 15.3. The number of nitrogens with one attached hydrogen (secondary N) is 1. The fourth-order valence-electron chi connectivity index (χ4n) is 2.01. The second-order valence-electron chi connectivity index (χ2n) is 4.50. The molecule has 110 valence electrons. The van der Waals surface area contributed by atoms with E-state index in [0.29, 0.717) is 11.3 Å². The van der Waals surface area contributed by atoms with Crippen LogP contribution in [0, 0.1) is 11.3 Å². The number of amides is 1. The number of hydrogen-bond donors (Lipinski definition) is 1. The summed E-state index contributed by atoms with van der Waals surface area (Å²) in [7, 11) is 1.33. The van der Waals surface area contributed by atoms with Gasteiger partial charge >= 0.3 is 5.97 Å². The number of anilines is 1. The van der Waals surface area contributed by atoms with Gasteiger partial charge in [-0.15, -0.1) is 0 Å². The van der Waals surface area contributed by atoms with Gasteiger partial charge in [0.05, 0.1) is 18.7 Å². The standard InChI is InChI=1S/C17H14N2O3/c1-22-17(21)13-8-6-12(7-9-13)14-4-2-3-5-15(14)19-16(20)10-11-18/h2-9H,10H2,1H3,(H,19,20). The number of nitrogens with zero attached hydrogens (tertiary/aromatic N) is 1. The third kappa shape index (κ3) is 3.49. The molecule has 0 saturated heterocycles. The van der Waals surface area contributed by atoms with Crippen molar-refractivity contribution in [3.05, 3.63) is 54.1 Å². The summed E-state index contributed by atoms with van der Waals surface area (Å²) in [6.07, 6.45) is -0.199. The lowest BCUT2D eigenvalue weighted by Gasteiger charge is -2.10. The molecule has 0 unspecified atom stereocenters. The van der Waals surface area contributed by atoms with Crippen LogP contribution in [0.5, 0.6) is 0 Å². The van der Waals surface area contributed by atoms with E-state index in [1.807, 2.05) is 18.2 Å². The third-order valence-corrected chi connectivity index (χ3v) is 3.06. The molecule has 2 aromatic carbocycles. The van der Waals surface area contributed by atoms with Crippen LogP contribution in [0.2, 0.25) is 0 Å². The number of hydrogen-bond acceptors (Lipinski definition) is 4. The van der Waals surface area contributed by atoms with Crippen molar-refractivity contribution in [3.63, 3.8) is 0 Å². The van der Waals surface area contributed by atoms with Gasteiger partial charge in [0.25, 0.3) is 0 Å². The first-order valence-corrected chi connectivity index (χ1v) is 6.60. The van der Waals surface area contributed by atoms with E-state index in [0.717, 1.165) is 11.1 Å². The maximum Gasteiger partial charge on any atom is 0.337 e. The molecule has 5 nitrogen and oxygen atoms in total. The molecule has 22 heavy (non-hydrogen) atoms. The molecule has 0 aromatic heterocycles. The van der Waals surface area contributed by atoms with Crippen LogP contribution >= 0.6 is 0 Å². The zero-order chi connectivity index (χ0) is 15.9. The molecule has 1 N–H and O–H groups in total. The Hall–Kier alpha value is -3.13. The Balaban J connectivity index is 2.31. The molecule has 0 radical (unpaired) electrons. The van der Waals surface area contributed by atoms with Crippen LogP contribution in [0.25, 0.3) is 11.1 Å². The highest BCUT2D eigenvalue weighted by molar-refractivity contribution is 5.96. The van der Waals surface area contributed by atoms with Gasteiger partial charge in [0, 0.05) is 11.3 Å². The number of nitriles is 1. The van der Waals surface area contributed by atoms with Crippen LogP contribution in [-0.2, 0) is 9.53 Å². The highest BCUT2D eigenvalue weighted by Gasteiger charge is 2.09. The zero-order valence-corrected chi connectivity index (χ0v) is 12.0. The van der Waals surface area contributed by atoms with Gasteiger partial charge in [0.2, 0.25) is 5.91 Å². The van der Waals surface area contributed by atoms with Crippen molar-refractivity contribution in [2.45, 2.75) is 6.42 Å². The van der Waals surface area contributed by atoms with E-state index in [2.05, 4.69) is 10.1 Å². The Morgan fingerprint density at radius 1 is 1.14 bits per heavy atom. The predicted octanol–water partition coefficient (Wildman–Crippen LogP) is 2.99. The van der Waals surface area contributed by atoms with Gasteiger partial charge in [-0.2, -0.15) is 5.26 Å². The summed E-state index contributed by atoms with van der Waals surface area (Å²) >= 11 is 0. The lowest BCUT2D eigenvalue weighted by atomic mass is 10.0. The summed E-state index contributed by atoms with van der Waals surface area (Å²) in [4.78, 5) is 23.0. The van der Waals surface area contributed by atoms with Crippen molar-refractivity contribution in [2.75, 3.05) is 12.4 Å². The minimum Gasteiger partial charge on any atom is -0.465 e. The molecule has 0 aliphatic rings. The zero-order valence-electron chi connectivity index (χ0n) is 12.0. The number of ether oxygens (including phenoxy) is 1. The Bertz CT molecular complexity index is 730. The highest BCUT2D eigenvalue weighted by atomic mass is 16.5. The van der Waals surface area contributed by atoms with Gasteiger partial charge in [-0.3, -0.25) is 4.79 Å². The SMILES string of the molecule is COC(=O)c1ccc(-c2ccccc2NC(=O)CC#N)cc1. The van der Waals surface area contributed by atoms with Crippen LogP contribution in [0.1, 0.15) is 16.8 Å². The van der Waals surface area contributed by atoms with E-state index in [-0.39, 0.29) is 12.3 Å². The van der Waals surface area contributed by atoms with Crippen LogP contribution < -0.4 is 5.32 Å². The van der Waals surface area contributed by atoms with E-state index in [1.165, 1.54) is 7.11 Å². The van der Waals surface area contributed by atoms with Crippen molar-refractivity contribution < 1.29 is 14.3 Å². The summed E-state index contributed by atoms with van der Waals surface area (Å²) in [5.41, 5.74) is 2.73. The number of esters is 1. The summed E-state index contributed by atoms with van der Waals surface area (Å²) in [5, 5.41) is 11.3. The third-order valence-electron chi connectivity index (χ3n) is 3.06. The minimum absolute atomic E-state index is 0.199. The summed E-state index contributed by atoms with van der Waals surface area (Å²) < 4.78 is 4.66. The molecule has 2 rings (SSSR count). The van der Waals surface area contributed by atoms with E-state index in [4.69, 9.17) is 5.26 Å². The van der Waals surface area contributed by atoms with Gasteiger partial charge in [-0.25, -0.2) is 4.79 Å². The monoisotopic (exact) mass is 294 g/mol. The number of rotatable bonds is 4. The van der Waals surface area contributed by atoms with Crippen molar-refractivity contribution in [1.82, 2.24) is 0 Å². The quantitative estimate of drug-likeness (QED) is 0.879. The molecule has 0 bridgehead atoms. The predicted molar refractivity (Wildman–Crippen MR) is 82.1 cm³/mol. The summed E-state index contributed by atoms with van der Waals surface area (Å²) in [6.45, 7) is 0. The van der Waals surface area contributed by atoms with Gasteiger partial charge in [-0.05, 0) is 23.8 Å². The van der Waals surface area contributed by atoms with Crippen molar-refractivity contribution in [2.24, 2.45) is 0 Å². The largest absolute Gasteiger partial charge is 0.465 e. The topological polar surface area (TPSA) is 79.2 Å². The normalized spacial score (nSPS) is 9.64. The molecule has 0 heterocycles. The molecule has 0 saturated carbocycles. The van der Waals surface area contributed by atoms with Crippen LogP contribution in [0.4, 0.5) is 5.69 Å². The molecule has 2 aromatic rings. The fourth-order valence-corrected chi connectivity index (χ4v) is 2.01. The van der Waals surface area contributed by atoms with Gasteiger partial charge in [0.15, 0.2) is 0 Å². The molecule has 5 heteroatoms. The second kappa shape index (κ2) is 7.04. The number of benzene rings is 2. The van der Waals surface area contributed by atoms with Crippen LogP contribution in [-0.4, -0.2) is 19.0 Å². The number of carbonyl (C=O) groups excluding carboxylic acids is 2. The average molecular weight is 294 g/mol. The smallest absolute Gasteiger partial charge is 0.337 e. The Morgan fingerprint density at radius 2 is 1.82 bits per heavy atom. The lowest BCUT2D eigenvalue weighted by molar-refractivity contribution is -0.115. The van der Waals surface area contributed by atoms with Crippen LogP contribution in [0.15, 0.2) is 48.5 Å². The second-order valence-corrected chi connectivity index (χ2v) is 4.50. The van der Waals surface area contributed by atoms with E-state index >= 15 is 0 Å². The maximum absolute atomic E-state index is 11.6. The highest BCUT2D eigenvalue weighted by Crippen LogP contribution is 2.28. The number of methoxy groups -OCH3 is 1. The summed E-state index contributed by atoms with van der Waals surface area (Å²) in [5.74, 6) is -0.761. The number of carbonyl (C=O) groups is 2. The molecule has 0 fully saturated rings. The summed E-state index contributed by atoms with van der Waals surface area (Å²) in [6, 6.07) is 16.0. The molecule has 0 aliphatic heterocycles. The molecular formula is C17H14N2O3. The Labute approximate surface area is 128 Å². The van der Waals surface area contributed by atoms with E-state index in [9.17, 15) is 9.59 Å². The fraction of sp³-hybridized carbons (Fsp3) is 0.118. The van der Waals surface area contributed by atoms with E-state index in [1.54, 1.807) is 36.4 Å². The molecule has 0 aliphatic carbocycles. The number of para-hydroxylation sites is 1. The average Bonchev–Trinajstić information content (AvgIpc) is 2.55. The molecular weight excluding hydrogens is 280 g/mol. The van der Waals surface area contributed by atoms with Crippen molar-refractivity contribution in [3.8, 4) is 17.2 Å². The van der Waals surface area contributed by atoms with Gasteiger partial charge in [-0.1, -0.05) is 30.3 Å². The Morgan fingerprint density at radius 3 is 2.45 bits per heavy atom. The van der Waals surface area contributed by atoms with Gasteiger partial charge in [0.1, 0.15) is 6.42 Å².